The van der Waals surface area contributed by atoms with Crippen molar-refractivity contribution in [1.82, 2.24) is 0 Å². The number of rotatable bonds is 1. The van der Waals surface area contributed by atoms with Crippen molar-refractivity contribution in [3.05, 3.63) is 59.2 Å². The molecular formula is C18H16O3. The van der Waals surface area contributed by atoms with Gasteiger partial charge in [0.25, 0.3) is 0 Å². The van der Waals surface area contributed by atoms with E-state index < -0.39 is 0 Å². The lowest BCUT2D eigenvalue weighted by molar-refractivity contribution is -0.136. The summed E-state index contributed by atoms with van der Waals surface area (Å²) in [6.07, 6.45) is 2.39. The summed E-state index contributed by atoms with van der Waals surface area (Å²) in [4.78, 5) is 12.1. The molecule has 1 spiro atoms. The molecule has 2 aromatic carbocycles. The Labute approximate surface area is 123 Å². The van der Waals surface area contributed by atoms with E-state index in [9.17, 15) is 4.79 Å². The van der Waals surface area contributed by atoms with Crippen LogP contribution in [0.15, 0.2) is 42.5 Å². The number of hydrogen-bond donors (Lipinski definition) is 0. The number of esters is 1. The first-order valence-electron chi connectivity index (χ1n) is 7.20. The maximum absolute atomic E-state index is 12.1. The maximum atomic E-state index is 12.1. The molecule has 0 saturated carbocycles. The number of benzene rings is 2. The molecular weight excluding hydrogens is 264 g/mol. The Morgan fingerprint density at radius 3 is 2.86 bits per heavy atom. The largest absolute Gasteiger partial charge is 0.497 e. The molecule has 3 heteroatoms. The van der Waals surface area contributed by atoms with Crippen LogP contribution in [0.1, 0.15) is 29.5 Å². The summed E-state index contributed by atoms with van der Waals surface area (Å²) in [7, 11) is 1.62. The second-order valence-electron chi connectivity index (χ2n) is 5.75. The molecule has 0 radical (unpaired) electrons. The Morgan fingerprint density at radius 1 is 1.14 bits per heavy atom. The molecule has 0 saturated heterocycles. The van der Waals surface area contributed by atoms with Gasteiger partial charge in [-0.1, -0.05) is 30.3 Å². The molecule has 1 atom stereocenters. The van der Waals surface area contributed by atoms with Gasteiger partial charge in [-0.15, -0.1) is 0 Å². The minimum absolute atomic E-state index is 0.160. The predicted molar refractivity (Wildman–Crippen MR) is 78.8 cm³/mol. The normalized spacial score (nSPS) is 22.6. The highest BCUT2D eigenvalue weighted by Gasteiger charge is 2.46. The first kappa shape index (κ1) is 12.5. The molecule has 1 aliphatic heterocycles. The number of aryl methyl sites for hydroxylation is 1. The summed E-state index contributed by atoms with van der Waals surface area (Å²) in [6, 6.07) is 14.2. The summed E-state index contributed by atoms with van der Waals surface area (Å²) in [5.74, 6) is 1.19. The van der Waals surface area contributed by atoms with Gasteiger partial charge in [-0.2, -0.15) is 0 Å². The van der Waals surface area contributed by atoms with Crippen molar-refractivity contribution >= 4 is 5.97 Å². The van der Waals surface area contributed by atoms with Crippen LogP contribution in [-0.2, 0) is 16.6 Å². The van der Waals surface area contributed by atoms with Crippen molar-refractivity contribution in [3.63, 3.8) is 0 Å². The van der Waals surface area contributed by atoms with E-state index in [-0.39, 0.29) is 11.4 Å². The molecule has 0 aromatic heterocycles. The lowest BCUT2D eigenvalue weighted by atomic mass is 9.71. The first-order valence-corrected chi connectivity index (χ1v) is 7.20. The molecule has 1 heterocycles. The summed E-state index contributed by atoms with van der Waals surface area (Å²) in [6.45, 7) is 0. The first-order chi connectivity index (χ1) is 10.2. The number of ether oxygens (including phenoxy) is 2. The van der Waals surface area contributed by atoms with E-state index in [1.54, 1.807) is 7.11 Å². The van der Waals surface area contributed by atoms with Crippen molar-refractivity contribution < 1.29 is 14.3 Å². The third-order valence-corrected chi connectivity index (χ3v) is 4.73. The standard InChI is InChI=1S/C18H16O3/c1-20-13-6-7-15-16(10-13)21-17(19)11-18(15)9-8-12-4-2-3-5-14(12)18/h2-7,10H,8-9,11H2,1H3. The van der Waals surface area contributed by atoms with Crippen LogP contribution in [0.25, 0.3) is 0 Å². The Kier molecular flexibility index (Phi) is 2.58. The Balaban J connectivity index is 1.95. The Morgan fingerprint density at radius 2 is 2.00 bits per heavy atom. The van der Waals surface area contributed by atoms with Crippen molar-refractivity contribution in [3.8, 4) is 11.5 Å². The number of carbonyl (C=O) groups is 1. The highest BCUT2D eigenvalue weighted by Crippen LogP contribution is 2.52. The smallest absolute Gasteiger partial charge is 0.312 e. The van der Waals surface area contributed by atoms with Gasteiger partial charge in [0.05, 0.1) is 13.5 Å². The molecule has 0 fully saturated rings. The maximum Gasteiger partial charge on any atom is 0.312 e. The molecule has 2 aromatic rings. The van der Waals surface area contributed by atoms with Gasteiger partial charge in [-0.3, -0.25) is 4.79 Å². The molecule has 0 bridgehead atoms. The molecule has 1 aliphatic carbocycles. The number of hydrogen-bond acceptors (Lipinski definition) is 3. The van der Waals surface area contributed by atoms with E-state index in [0.29, 0.717) is 17.9 Å². The van der Waals surface area contributed by atoms with Gasteiger partial charge in [0.15, 0.2) is 0 Å². The van der Waals surface area contributed by atoms with Crippen LogP contribution >= 0.6 is 0 Å². The molecule has 3 nitrogen and oxygen atoms in total. The van der Waals surface area contributed by atoms with Crippen molar-refractivity contribution in [1.29, 1.82) is 0 Å². The SMILES string of the molecule is COc1ccc2c(c1)OC(=O)CC21CCc2ccccc21. The van der Waals surface area contributed by atoms with Gasteiger partial charge >= 0.3 is 5.97 Å². The second-order valence-corrected chi connectivity index (χ2v) is 5.75. The third kappa shape index (κ3) is 1.70. The molecule has 0 N–H and O–H groups in total. The molecule has 1 unspecified atom stereocenters. The van der Waals surface area contributed by atoms with Crippen molar-refractivity contribution in [2.24, 2.45) is 0 Å². The highest BCUT2D eigenvalue weighted by molar-refractivity contribution is 5.80. The van der Waals surface area contributed by atoms with E-state index in [4.69, 9.17) is 9.47 Å². The Hall–Kier alpha value is -2.29. The van der Waals surface area contributed by atoms with Gasteiger partial charge in [-0.05, 0) is 30.0 Å². The quantitative estimate of drug-likeness (QED) is 0.594. The fourth-order valence-corrected chi connectivity index (χ4v) is 3.76. The lowest BCUT2D eigenvalue weighted by Crippen LogP contribution is -2.35. The molecule has 106 valence electrons. The zero-order valence-corrected chi connectivity index (χ0v) is 11.9. The van der Waals surface area contributed by atoms with E-state index in [1.165, 1.54) is 11.1 Å². The van der Waals surface area contributed by atoms with E-state index in [1.807, 2.05) is 18.2 Å². The average molecular weight is 280 g/mol. The van der Waals surface area contributed by atoms with Crippen LogP contribution in [-0.4, -0.2) is 13.1 Å². The zero-order valence-electron chi connectivity index (χ0n) is 11.9. The third-order valence-electron chi connectivity index (χ3n) is 4.73. The summed E-state index contributed by atoms with van der Waals surface area (Å²) < 4.78 is 10.7. The Bertz CT molecular complexity index is 735. The van der Waals surface area contributed by atoms with Crippen LogP contribution in [0, 0.1) is 0 Å². The zero-order chi connectivity index (χ0) is 14.4. The minimum Gasteiger partial charge on any atom is -0.497 e. The second kappa shape index (κ2) is 4.35. The van der Waals surface area contributed by atoms with Crippen molar-refractivity contribution in [2.45, 2.75) is 24.7 Å². The fourth-order valence-electron chi connectivity index (χ4n) is 3.76. The van der Waals surface area contributed by atoms with Crippen LogP contribution in [0.4, 0.5) is 0 Å². The van der Waals surface area contributed by atoms with Crippen LogP contribution < -0.4 is 9.47 Å². The number of fused-ring (bicyclic) bond motifs is 4. The van der Waals surface area contributed by atoms with Gasteiger partial charge in [0.2, 0.25) is 0 Å². The number of methoxy groups -OCH3 is 1. The lowest BCUT2D eigenvalue weighted by Gasteiger charge is -2.35. The minimum atomic E-state index is -0.229. The van der Waals surface area contributed by atoms with Gasteiger partial charge in [0.1, 0.15) is 11.5 Å². The summed E-state index contributed by atoms with van der Waals surface area (Å²) in [5, 5.41) is 0. The molecule has 0 amide bonds. The monoisotopic (exact) mass is 280 g/mol. The van der Waals surface area contributed by atoms with Gasteiger partial charge < -0.3 is 9.47 Å². The molecule has 4 rings (SSSR count). The van der Waals surface area contributed by atoms with E-state index >= 15 is 0 Å². The molecule has 2 aliphatic rings. The number of carbonyl (C=O) groups excluding carboxylic acids is 1. The van der Waals surface area contributed by atoms with Gasteiger partial charge in [0, 0.05) is 17.0 Å². The summed E-state index contributed by atoms with van der Waals surface area (Å²) >= 11 is 0. The van der Waals surface area contributed by atoms with Crippen molar-refractivity contribution in [2.75, 3.05) is 7.11 Å². The van der Waals surface area contributed by atoms with E-state index in [0.717, 1.165) is 18.4 Å². The van der Waals surface area contributed by atoms with Crippen LogP contribution in [0.2, 0.25) is 0 Å². The van der Waals surface area contributed by atoms with Gasteiger partial charge in [-0.25, -0.2) is 0 Å². The molecule has 21 heavy (non-hydrogen) atoms. The fraction of sp³-hybridized carbons (Fsp3) is 0.278. The van der Waals surface area contributed by atoms with E-state index in [2.05, 4.69) is 24.3 Å². The topological polar surface area (TPSA) is 35.5 Å². The van der Waals surface area contributed by atoms with Crippen LogP contribution in [0.3, 0.4) is 0 Å². The summed E-state index contributed by atoms with van der Waals surface area (Å²) in [5.41, 5.74) is 3.49. The highest BCUT2D eigenvalue weighted by atomic mass is 16.5. The predicted octanol–water partition coefficient (Wildman–Crippen LogP) is 3.24. The average Bonchev–Trinajstić information content (AvgIpc) is 2.86. The van der Waals surface area contributed by atoms with Crippen LogP contribution in [0.5, 0.6) is 11.5 Å².